The van der Waals surface area contributed by atoms with Gasteiger partial charge in [-0.25, -0.2) is 18.5 Å². The molecular formula is C11H13N3O3S2. The van der Waals surface area contributed by atoms with E-state index in [1.165, 1.54) is 30.6 Å². The summed E-state index contributed by atoms with van der Waals surface area (Å²) < 4.78 is 27.8. The van der Waals surface area contributed by atoms with Gasteiger partial charge in [-0.05, 0) is 18.2 Å². The summed E-state index contributed by atoms with van der Waals surface area (Å²) in [6, 6.07) is 4.41. The van der Waals surface area contributed by atoms with Gasteiger partial charge in [-0.15, -0.1) is 11.3 Å². The molecule has 102 valence electrons. The van der Waals surface area contributed by atoms with Gasteiger partial charge in [0.2, 0.25) is 10.0 Å². The maximum Gasteiger partial charge on any atom is 0.238 e. The van der Waals surface area contributed by atoms with Gasteiger partial charge in [0.1, 0.15) is 10.8 Å². The number of nitrogens with one attached hydrogen (secondary N) is 1. The Morgan fingerprint density at radius 3 is 2.84 bits per heavy atom. The highest BCUT2D eigenvalue weighted by molar-refractivity contribution is 7.89. The first-order chi connectivity index (χ1) is 9.00. The Hall–Kier alpha value is -1.64. The first kappa shape index (κ1) is 13.8. The molecule has 0 amide bonds. The van der Waals surface area contributed by atoms with Crippen molar-refractivity contribution in [3.8, 4) is 5.75 Å². The molecule has 1 heterocycles. The maximum absolute atomic E-state index is 11.3. The van der Waals surface area contributed by atoms with E-state index < -0.39 is 10.0 Å². The Bertz CT molecular complexity index is 654. The molecule has 2 aromatic rings. The third-order valence-electron chi connectivity index (χ3n) is 2.41. The largest absolute Gasteiger partial charge is 0.495 e. The van der Waals surface area contributed by atoms with Crippen molar-refractivity contribution in [3.05, 3.63) is 34.8 Å². The summed E-state index contributed by atoms with van der Waals surface area (Å²) in [5, 5.41) is 10.9. The van der Waals surface area contributed by atoms with Crippen molar-refractivity contribution in [2.75, 3.05) is 12.4 Å². The van der Waals surface area contributed by atoms with E-state index >= 15 is 0 Å². The Morgan fingerprint density at radius 2 is 2.26 bits per heavy atom. The molecule has 6 nitrogen and oxygen atoms in total. The molecule has 2 rings (SSSR count). The molecule has 0 aliphatic rings. The predicted molar refractivity (Wildman–Crippen MR) is 73.8 cm³/mol. The molecule has 1 aromatic heterocycles. The molecule has 0 aliphatic carbocycles. The number of aromatic nitrogens is 1. The van der Waals surface area contributed by atoms with Crippen molar-refractivity contribution in [2.45, 2.75) is 11.4 Å². The summed E-state index contributed by atoms with van der Waals surface area (Å²) in [5.74, 6) is 0.545. The number of primary sulfonamides is 1. The molecule has 0 atom stereocenters. The van der Waals surface area contributed by atoms with Crippen LogP contribution in [0.25, 0.3) is 0 Å². The van der Waals surface area contributed by atoms with E-state index in [2.05, 4.69) is 10.3 Å². The number of nitrogens with two attached hydrogens (primary N) is 1. The van der Waals surface area contributed by atoms with Gasteiger partial charge in [0.15, 0.2) is 0 Å². The highest BCUT2D eigenvalue weighted by Gasteiger charge is 2.12. The Kier molecular flexibility index (Phi) is 4.03. The van der Waals surface area contributed by atoms with Gasteiger partial charge in [0, 0.05) is 11.6 Å². The van der Waals surface area contributed by atoms with E-state index in [9.17, 15) is 8.42 Å². The minimum Gasteiger partial charge on any atom is -0.495 e. The number of sulfonamides is 1. The van der Waals surface area contributed by atoms with E-state index in [1.54, 1.807) is 12.3 Å². The lowest BCUT2D eigenvalue weighted by molar-refractivity contribution is 0.416. The Morgan fingerprint density at radius 1 is 1.47 bits per heavy atom. The van der Waals surface area contributed by atoms with Crippen LogP contribution in [0.5, 0.6) is 5.75 Å². The molecule has 0 bridgehead atoms. The Labute approximate surface area is 115 Å². The molecule has 0 fully saturated rings. The second-order valence-electron chi connectivity index (χ2n) is 3.69. The molecule has 0 unspecified atom stereocenters. The minimum atomic E-state index is -3.73. The Balaban J connectivity index is 2.26. The van der Waals surface area contributed by atoms with Crippen molar-refractivity contribution in [1.29, 1.82) is 0 Å². The van der Waals surface area contributed by atoms with Crippen molar-refractivity contribution in [3.63, 3.8) is 0 Å². The quantitative estimate of drug-likeness (QED) is 0.870. The van der Waals surface area contributed by atoms with Crippen molar-refractivity contribution >= 4 is 27.0 Å². The van der Waals surface area contributed by atoms with Crippen LogP contribution in [0.2, 0.25) is 0 Å². The SMILES string of the molecule is COc1ccc(S(N)(=O)=O)cc1NCc1nccs1. The zero-order valence-corrected chi connectivity index (χ0v) is 11.8. The van der Waals surface area contributed by atoms with Gasteiger partial charge in [-0.2, -0.15) is 0 Å². The molecular weight excluding hydrogens is 286 g/mol. The lowest BCUT2D eigenvalue weighted by Gasteiger charge is -2.11. The monoisotopic (exact) mass is 299 g/mol. The number of benzene rings is 1. The summed E-state index contributed by atoms with van der Waals surface area (Å²) in [5.41, 5.74) is 0.559. The summed E-state index contributed by atoms with van der Waals surface area (Å²) in [4.78, 5) is 4.17. The van der Waals surface area contributed by atoms with Gasteiger partial charge in [-0.1, -0.05) is 0 Å². The average molecular weight is 299 g/mol. The van der Waals surface area contributed by atoms with E-state index in [1.807, 2.05) is 5.38 Å². The molecule has 0 aliphatic heterocycles. The van der Waals surface area contributed by atoms with Crippen molar-refractivity contribution < 1.29 is 13.2 Å². The topological polar surface area (TPSA) is 94.3 Å². The van der Waals surface area contributed by atoms with Crippen LogP contribution in [0.3, 0.4) is 0 Å². The second kappa shape index (κ2) is 5.55. The maximum atomic E-state index is 11.3. The van der Waals surface area contributed by atoms with E-state index in [0.29, 0.717) is 18.0 Å². The molecule has 0 saturated carbocycles. The normalized spacial score (nSPS) is 11.3. The zero-order chi connectivity index (χ0) is 13.9. The van der Waals surface area contributed by atoms with Crippen LogP contribution in [0.15, 0.2) is 34.7 Å². The van der Waals surface area contributed by atoms with Gasteiger partial charge < -0.3 is 10.1 Å². The van der Waals surface area contributed by atoms with E-state index in [4.69, 9.17) is 9.88 Å². The number of hydrogen-bond donors (Lipinski definition) is 2. The number of thiazole rings is 1. The lowest BCUT2D eigenvalue weighted by Crippen LogP contribution is -2.12. The molecule has 8 heteroatoms. The number of rotatable bonds is 5. The van der Waals surface area contributed by atoms with Crippen LogP contribution < -0.4 is 15.2 Å². The highest BCUT2D eigenvalue weighted by atomic mass is 32.2. The molecule has 3 N–H and O–H groups in total. The highest BCUT2D eigenvalue weighted by Crippen LogP contribution is 2.27. The summed E-state index contributed by atoms with van der Waals surface area (Å²) in [7, 11) is -2.22. The first-order valence-electron chi connectivity index (χ1n) is 5.34. The fourth-order valence-corrected chi connectivity index (χ4v) is 2.61. The van der Waals surface area contributed by atoms with Crippen LogP contribution in [0.1, 0.15) is 5.01 Å². The third-order valence-corrected chi connectivity index (χ3v) is 4.10. The van der Waals surface area contributed by atoms with Crippen molar-refractivity contribution in [2.24, 2.45) is 5.14 Å². The fraction of sp³-hybridized carbons (Fsp3) is 0.182. The summed E-state index contributed by atoms with van der Waals surface area (Å²) in [6.07, 6.45) is 1.71. The molecule has 0 radical (unpaired) electrons. The van der Waals surface area contributed by atoms with E-state index in [-0.39, 0.29) is 4.90 Å². The minimum absolute atomic E-state index is 0.0370. The van der Waals surface area contributed by atoms with Gasteiger partial charge in [0.05, 0.1) is 24.2 Å². The fourth-order valence-electron chi connectivity index (χ4n) is 1.51. The van der Waals surface area contributed by atoms with Gasteiger partial charge >= 0.3 is 0 Å². The zero-order valence-electron chi connectivity index (χ0n) is 10.2. The number of ether oxygens (including phenoxy) is 1. The van der Waals surface area contributed by atoms with Gasteiger partial charge in [-0.3, -0.25) is 0 Å². The van der Waals surface area contributed by atoms with Crippen LogP contribution in [-0.4, -0.2) is 20.5 Å². The average Bonchev–Trinajstić information content (AvgIpc) is 2.88. The van der Waals surface area contributed by atoms with Crippen LogP contribution in [0.4, 0.5) is 5.69 Å². The van der Waals surface area contributed by atoms with Gasteiger partial charge in [0.25, 0.3) is 0 Å². The molecule has 0 saturated heterocycles. The first-order valence-corrected chi connectivity index (χ1v) is 7.76. The second-order valence-corrected chi connectivity index (χ2v) is 6.23. The van der Waals surface area contributed by atoms with Crippen LogP contribution in [-0.2, 0) is 16.6 Å². The third kappa shape index (κ3) is 3.43. The predicted octanol–water partition coefficient (Wildman–Crippen LogP) is 1.41. The van der Waals surface area contributed by atoms with E-state index in [0.717, 1.165) is 5.01 Å². The summed E-state index contributed by atoms with van der Waals surface area (Å²) in [6.45, 7) is 0.488. The molecule has 0 spiro atoms. The number of methoxy groups -OCH3 is 1. The number of hydrogen-bond acceptors (Lipinski definition) is 6. The van der Waals surface area contributed by atoms with Crippen LogP contribution in [0, 0.1) is 0 Å². The summed E-state index contributed by atoms with van der Waals surface area (Å²) >= 11 is 1.51. The van der Waals surface area contributed by atoms with Crippen LogP contribution >= 0.6 is 11.3 Å². The smallest absolute Gasteiger partial charge is 0.238 e. The number of nitrogens with zero attached hydrogens (tertiary/aromatic N) is 1. The standard InChI is InChI=1S/C11H13N3O3S2/c1-17-10-3-2-8(19(12,15)16)6-9(10)14-7-11-13-4-5-18-11/h2-6,14H,7H2,1H3,(H2,12,15,16). The molecule has 19 heavy (non-hydrogen) atoms. The lowest BCUT2D eigenvalue weighted by atomic mass is 10.3. The van der Waals surface area contributed by atoms with Crippen molar-refractivity contribution in [1.82, 2.24) is 4.98 Å². The number of anilines is 1. The molecule has 1 aromatic carbocycles.